The minimum absolute atomic E-state index is 0.0424. The highest BCUT2D eigenvalue weighted by molar-refractivity contribution is 7.14. The van der Waals surface area contributed by atoms with Crippen molar-refractivity contribution in [2.24, 2.45) is 5.73 Å². The summed E-state index contributed by atoms with van der Waals surface area (Å²) >= 11 is 1.14. The largest absolute Gasteiger partial charge is 0.366 e. The average Bonchev–Trinajstić information content (AvgIpc) is 2.93. The van der Waals surface area contributed by atoms with Crippen molar-refractivity contribution in [1.29, 1.82) is 5.26 Å². The molecule has 0 saturated heterocycles. The number of primary amides is 1. The number of nitriles is 1. The molecule has 0 atom stereocenters. The number of rotatable bonds is 4. The standard InChI is InChI=1S/C14H13N5O3S/c1-7-8(2)18-19(14(22)10(7)5-15)6-11(20)17-13-9(12(16)21)3-4-23-13/h3-4H,6H2,1-2H3,(H2,16,21)(H,17,20). The summed E-state index contributed by atoms with van der Waals surface area (Å²) in [5, 5.41) is 17.5. The Morgan fingerprint density at radius 3 is 2.78 bits per heavy atom. The van der Waals surface area contributed by atoms with Crippen LogP contribution in [0.1, 0.15) is 27.2 Å². The Balaban J connectivity index is 2.27. The lowest BCUT2D eigenvalue weighted by atomic mass is 10.1. The van der Waals surface area contributed by atoms with Crippen LogP contribution in [0, 0.1) is 25.2 Å². The monoisotopic (exact) mass is 331 g/mol. The van der Waals surface area contributed by atoms with E-state index in [4.69, 9.17) is 11.0 Å². The van der Waals surface area contributed by atoms with Gasteiger partial charge < -0.3 is 11.1 Å². The van der Waals surface area contributed by atoms with Gasteiger partial charge in [0.05, 0.1) is 11.3 Å². The second-order valence-corrected chi connectivity index (χ2v) is 5.65. The maximum absolute atomic E-state index is 12.1. The van der Waals surface area contributed by atoms with E-state index in [2.05, 4.69) is 10.4 Å². The minimum Gasteiger partial charge on any atom is -0.366 e. The molecule has 2 aromatic heterocycles. The number of aromatic nitrogens is 2. The van der Waals surface area contributed by atoms with E-state index in [0.29, 0.717) is 16.3 Å². The number of amides is 2. The average molecular weight is 331 g/mol. The van der Waals surface area contributed by atoms with Crippen molar-refractivity contribution in [2.45, 2.75) is 20.4 Å². The molecule has 0 unspecified atom stereocenters. The number of nitrogens with one attached hydrogen (secondary N) is 1. The van der Waals surface area contributed by atoms with Gasteiger partial charge in [-0.05, 0) is 30.9 Å². The molecule has 3 N–H and O–H groups in total. The molecule has 9 heteroatoms. The fourth-order valence-electron chi connectivity index (χ4n) is 1.91. The molecular formula is C14H13N5O3S. The number of carbonyl (C=O) groups is 2. The molecule has 8 nitrogen and oxygen atoms in total. The smallest absolute Gasteiger partial charge is 0.285 e. The van der Waals surface area contributed by atoms with Crippen molar-refractivity contribution < 1.29 is 9.59 Å². The molecular weight excluding hydrogens is 318 g/mol. The number of hydrogen-bond acceptors (Lipinski definition) is 6. The molecule has 2 aromatic rings. The maximum Gasteiger partial charge on any atom is 0.285 e. The molecule has 0 aliphatic rings. The van der Waals surface area contributed by atoms with Crippen molar-refractivity contribution in [3.05, 3.63) is 44.2 Å². The van der Waals surface area contributed by atoms with Crippen LogP contribution >= 0.6 is 11.3 Å². The highest BCUT2D eigenvalue weighted by atomic mass is 32.1. The fraction of sp³-hybridized carbons (Fsp3) is 0.214. The van der Waals surface area contributed by atoms with Crippen LogP contribution in [0.15, 0.2) is 16.2 Å². The number of aryl methyl sites for hydroxylation is 1. The van der Waals surface area contributed by atoms with Crippen LogP contribution in [-0.4, -0.2) is 21.6 Å². The summed E-state index contributed by atoms with van der Waals surface area (Å²) < 4.78 is 0.924. The van der Waals surface area contributed by atoms with Gasteiger partial charge in [0.25, 0.3) is 11.5 Å². The molecule has 23 heavy (non-hydrogen) atoms. The quantitative estimate of drug-likeness (QED) is 0.843. The zero-order chi connectivity index (χ0) is 17.1. The van der Waals surface area contributed by atoms with Crippen molar-refractivity contribution in [3.8, 4) is 6.07 Å². The Morgan fingerprint density at radius 2 is 2.17 bits per heavy atom. The van der Waals surface area contributed by atoms with E-state index in [1.54, 1.807) is 19.2 Å². The molecule has 118 valence electrons. The summed E-state index contributed by atoms with van der Waals surface area (Å²) in [5.74, 6) is -1.20. The lowest BCUT2D eigenvalue weighted by molar-refractivity contribution is -0.117. The van der Waals surface area contributed by atoms with Crippen LogP contribution < -0.4 is 16.6 Å². The van der Waals surface area contributed by atoms with Gasteiger partial charge in [-0.25, -0.2) is 4.68 Å². The van der Waals surface area contributed by atoms with Crippen LogP contribution in [-0.2, 0) is 11.3 Å². The number of anilines is 1. The second-order valence-electron chi connectivity index (χ2n) is 4.74. The van der Waals surface area contributed by atoms with E-state index in [0.717, 1.165) is 16.0 Å². The first kappa shape index (κ1) is 16.4. The number of nitrogens with zero attached hydrogens (tertiary/aromatic N) is 3. The van der Waals surface area contributed by atoms with Crippen LogP contribution in [0.2, 0.25) is 0 Å². The lowest BCUT2D eigenvalue weighted by Crippen LogP contribution is -2.32. The molecule has 0 radical (unpaired) electrons. The third-order valence-corrected chi connectivity index (χ3v) is 4.06. The van der Waals surface area contributed by atoms with Crippen LogP contribution in [0.4, 0.5) is 5.00 Å². The number of carbonyl (C=O) groups excluding carboxylic acids is 2. The minimum atomic E-state index is -0.658. The van der Waals surface area contributed by atoms with Crippen LogP contribution in [0.25, 0.3) is 0 Å². The predicted octanol–water partition coefficient (Wildman–Crippen LogP) is 0.531. The Labute approximate surface area is 135 Å². The molecule has 0 aliphatic carbocycles. The summed E-state index contributed by atoms with van der Waals surface area (Å²) in [6.45, 7) is 2.90. The molecule has 0 aromatic carbocycles. The van der Waals surface area contributed by atoms with Gasteiger partial charge in [0, 0.05) is 0 Å². The van der Waals surface area contributed by atoms with E-state index in [1.807, 2.05) is 6.07 Å². The van der Waals surface area contributed by atoms with Crippen molar-refractivity contribution >= 4 is 28.2 Å². The Bertz CT molecular complexity index is 891. The van der Waals surface area contributed by atoms with Crippen LogP contribution in [0.3, 0.4) is 0 Å². The van der Waals surface area contributed by atoms with Gasteiger partial charge in [-0.3, -0.25) is 14.4 Å². The third kappa shape index (κ3) is 3.27. The third-order valence-electron chi connectivity index (χ3n) is 3.23. The van der Waals surface area contributed by atoms with Crippen molar-refractivity contribution in [3.63, 3.8) is 0 Å². The summed E-state index contributed by atoms with van der Waals surface area (Å²) in [6, 6.07) is 3.32. The second kappa shape index (κ2) is 6.41. The van der Waals surface area contributed by atoms with E-state index in [9.17, 15) is 14.4 Å². The van der Waals surface area contributed by atoms with E-state index in [-0.39, 0.29) is 17.7 Å². The molecule has 0 saturated carbocycles. The Hall–Kier alpha value is -2.99. The van der Waals surface area contributed by atoms with E-state index < -0.39 is 17.4 Å². The molecule has 2 rings (SSSR count). The maximum atomic E-state index is 12.1. The van der Waals surface area contributed by atoms with Gasteiger partial charge in [-0.15, -0.1) is 11.3 Å². The van der Waals surface area contributed by atoms with Crippen molar-refractivity contribution in [2.75, 3.05) is 5.32 Å². The van der Waals surface area contributed by atoms with E-state index in [1.165, 1.54) is 6.07 Å². The SMILES string of the molecule is Cc1nn(CC(=O)Nc2sccc2C(N)=O)c(=O)c(C#N)c1C. The predicted molar refractivity (Wildman–Crippen MR) is 84.2 cm³/mol. The summed E-state index contributed by atoms with van der Waals surface area (Å²) in [4.78, 5) is 35.4. The van der Waals surface area contributed by atoms with Gasteiger partial charge in [0.2, 0.25) is 5.91 Å². The Morgan fingerprint density at radius 1 is 1.48 bits per heavy atom. The number of nitrogens with two attached hydrogens (primary N) is 1. The van der Waals surface area contributed by atoms with Crippen LogP contribution in [0.5, 0.6) is 0 Å². The normalized spacial score (nSPS) is 10.1. The van der Waals surface area contributed by atoms with Gasteiger partial charge in [0.1, 0.15) is 23.2 Å². The van der Waals surface area contributed by atoms with E-state index >= 15 is 0 Å². The van der Waals surface area contributed by atoms with Gasteiger partial charge in [-0.2, -0.15) is 10.4 Å². The topological polar surface area (TPSA) is 131 Å². The summed E-state index contributed by atoms with van der Waals surface area (Å²) in [7, 11) is 0. The van der Waals surface area contributed by atoms with Gasteiger partial charge in [-0.1, -0.05) is 0 Å². The van der Waals surface area contributed by atoms with Gasteiger partial charge in [0.15, 0.2) is 0 Å². The zero-order valence-electron chi connectivity index (χ0n) is 12.4. The molecule has 0 aliphatic heterocycles. The first-order valence-corrected chi connectivity index (χ1v) is 7.38. The Kier molecular flexibility index (Phi) is 4.57. The zero-order valence-corrected chi connectivity index (χ0v) is 13.2. The molecule has 0 spiro atoms. The molecule has 0 fully saturated rings. The highest BCUT2D eigenvalue weighted by Gasteiger charge is 2.16. The summed E-state index contributed by atoms with van der Waals surface area (Å²) in [5.41, 5.74) is 5.70. The lowest BCUT2D eigenvalue weighted by Gasteiger charge is -2.09. The molecule has 2 heterocycles. The number of hydrogen-bond donors (Lipinski definition) is 2. The first-order valence-electron chi connectivity index (χ1n) is 6.50. The number of thiophene rings is 1. The summed E-state index contributed by atoms with van der Waals surface area (Å²) in [6.07, 6.45) is 0. The highest BCUT2D eigenvalue weighted by Crippen LogP contribution is 2.22. The molecule has 0 bridgehead atoms. The molecule has 2 amide bonds. The van der Waals surface area contributed by atoms with Gasteiger partial charge >= 0.3 is 0 Å². The fourth-order valence-corrected chi connectivity index (χ4v) is 2.72. The van der Waals surface area contributed by atoms with Crippen molar-refractivity contribution in [1.82, 2.24) is 9.78 Å². The first-order chi connectivity index (χ1) is 10.8.